The molecule has 3 heterocycles. The molecule has 1 saturated heterocycles. The van der Waals surface area contributed by atoms with Crippen LogP contribution in [0.15, 0.2) is 29.2 Å². The fraction of sp³-hybridized carbons (Fsp3) is 0.524. The molecule has 0 aliphatic carbocycles. The summed E-state index contributed by atoms with van der Waals surface area (Å²) in [6, 6.07) is 6.81. The van der Waals surface area contributed by atoms with Crippen molar-refractivity contribution in [2.75, 3.05) is 32.8 Å². The molecule has 2 aliphatic rings. The smallest absolute Gasteiger partial charge is 0.247 e. The van der Waals surface area contributed by atoms with Crippen molar-refractivity contribution in [2.24, 2.45) is 0 Å². The van der Waals surface area contributed by atoms with Crippen molar-refractivity contribution in [3.05, 3.63) is 40.3 Å². The number of rotatable bonds is 7. The van der Waals surface area contributed by atoms with Gasteiger partial charge in [-0.15, -0.1) is 11.3 Å². The summed E-state index contributed by atoms with van der Waals surface area (Å²) in [6.45, 7) is 6.61. The quantitative estimate of drug-likeness (QED) is 0.674. The molecule has 158 valence electrons. The number of ether oxygens (including phenoxy) is 1. The second-order valence-corrected chi connectivity index (χ2v) is 10.8. The lowest BCUT2D eigenvalue weighted by atomic mass is 10.1. The highest BCUT2D eigenvalue weighted by molar-refractivity contribution is 7.89. The molecule has 0 amide bonds. The maximum atomic E-state index is 13.0. The van der Waals surface area contributed by atoms with Gasteiger partial charge in [0.05, 0.1) is 6.61 Å². The first kappa shape index (κ1) is 20.7. The number of aryl methyl sites for hydroxylation is 1. The molecular formula is C21H28N2O4S2. The van der Waals surface area contributed by atoms with E-state index in [1.807, 2.05) is 6.07 Å². The van der Waals surface area contributed by atoms with Gasteiger partial charge in [0.1, 0.15) is 10.6 Å². The van der Waals surface area contributed by atoms with Gasteiger partial charge in [0, 0.05) is 24.5 Å². The van der Waals surface area contributed by atoms with Crippen molar-refractivity contribution in [2.45, 2.75) is 44.0 Å². The number of sulfonamides is 1. The van der Waals surface area contributed by atoms with E-state index < -0.39 is 10.0 Å². The van der Waals surface area contributed by atoms with E-state index in [0.29, 0.717) is 31.7 Å². The Labute approximate surface area is 176 Å². The van der Waals surface area contributed by atoms with E-state index in [2.05, 4.69) is 4.90 Å². The maximum absolute atomic E-state index is 13.0. The molecule has 0 bridgehead atoms. The largest absolute Gasteiger partial charge is 0.506 e. The molecule has 0 spiro atoms. The first-order chi connectivity index (χ1) is 13.9. The summed E-state index contributed by atoms with van der Waals surface area (Å²) in [5.41, 5.74) is 1.57. The van der Waals surface area contributed by atoms with E-state index in [4.69, 9.17) is 4.74 Å². The molecular weight excluding hydrogens is 408 g/mol. The second-order valence-electron chi connectivity index (χ2n) is 7.77. The van der Waals surface area contributed by atoms with Crippen LogP contribution in [0.4, 0.5) is 0 Å². The van der Waals surface area contributed by atoms with Gasteiger partial charge in [0.25, 0.3) is 0 Å². The van der Waals surface area contributed by atoms with Crippen LogP contribution in [-0.4, -0.2) is 55.5 Å². The summed E-state index contributed by atoms with van der Waals surface area (Å²) in [4.78, 5) is 3.65. The Kier molecular flexibility index (Phi) is 6.15. The predicted octanol–water partition coefficient (Wildman–Crippen LogP) is 3.37. The average molecular weight is 437 g/mol. The fourth-order valence-electron chi connectivity index (χ4n) is 4.00. The molecule has 0 atom stereocenters. The molecule has 2 aromatic rings. The van der Waals surface area contributed by atoms with Gasteiger partial charge in [-0.1, -0.05) is 12.1 Å². The lowest BCUT2D eigenvalue weighted by molar-refractivity contribution is 0.267. The Balaban J connectivity index is 1.39. The Morgan fingerprint density at radius 3 is 2.79 bits per heavy atom. The summed E-state index contributed by atoms with van der Waals surface area (Å²) in [7, 11) is -3.74. The molecule has 1 N–H and O–H groups in total. The minimum Gasteiger partial charge on any atom is -0.506 e. The van der Waals surface area contributed by atoms with Crippen molar-refractivity contribution < 1.29 is 18.3 Å². The van der Waals surface area contributed by atoms with Crippen LogP contribution in [0.2, 0.25) is 0 Å². The van der Waals surface area contributed by atoms with E-state index >= 15 is 0 Å². The van der Waals surface area contributed by atoms with Gasteiger partial charge in [-0.3, -0.25) is 0 Å². The number of phenolic OH excluding ortho intramolecular Hbond substituents is 1. The number of aromatic hydroxyl groups is 1. The van der Waals surface area contributed by atoms with Gasteiger partial charge < -0.3 is 14.7 Å². The molecule has 2 aliphatic heterocycles. The van der Waals surface area contributed by atoms with Crippen molar-refractivity contribution in [1.82, 2.24) is 9.21 Å². The molecule has 4 rings (SSSR count). The van der Waals surface area contributed by atoms with Crippen molar-refractivity contribution in [3.63, 3.8) is 0 Å². The lowest BCUT2D eigenvalue weighted by Gasteiger charge is -2.26. The number of likely N-dealkylation sites (tertiary alicyclic amines) is 1. The second kappa shape index (κ2) is 8.63. The molecule has 8 heteroatoms. The summed E-state index contributed by atoms with van der Waals surface area (Å²) in [5, 5.41) is 11.1. The molecule has 0 unspecified atom stereocenters. The average Bonchev–Trinajstić information content (AvgIpc) is 3.35. The SMILES string of the molecule is Cc1cccc(S(=O)(=O)N2CCc3sc(OCCCN4CCCC4)cc3C2)c1O. The zero-order valence-corrected chi connectivity index (χ0v) is 18.4. The van der Waals surface area contributed by atoms with Crippen LogP contribution in [0, 0.1) is 6.92 Å². The number of hydrogen-bond acceptors (Lipinski definition) is 6. The summed E-state index contributed by atoms with van der Waals surface area (Å²) in [5.74, 6) is -0.161. The Morgan fingerprint density at radius 1 is 1.21 bits per heavy atom. The molecule has 1 aromatic heterocycles. The third kappa shape index (κ3) is 4.45. The van der Waals surface area contributed by atoms with E-state index in [9.17, 15) is 13.5 Å². The highest BCUT2D eigenvalue weighted by Crippen LogP contribution is 2.36. The van der Waals surface area contributed by atoms with Crippen LogP contribution in [0.1, 0.15) is 35.3 Å². The number of thiophene rings is 1. The van der Waals surface area contributed by atoms with Crippen LogP contribution in [0.5, 0.6) is 10.8 Å². The van der Waals surface area contributed by atoms with Crippen molar-refractivity contribution in [3.8, 4) is 10.8 Å². The molecule has 1 aromatic carbocycles. The summed E-state index contributed by atoms with van der Waals surface area (Å²) >= 11 is 1.63. The third-order valence-electron chi connectivity index (χ3n) is 5.69. The minimum atomic E-state index is -3.74. The Bertz CT molecular complexity index is 965. The highest BCUT2D eigenvalue weighted by atomic mass is 32.2. The number of phenols is 1. The number of para-hydroxylation sites is 1. The summed E-state index contributed by atoms with van der Waals surface area (Å²) < 4.78 is 33.5. The van der Waals surface area contributed by atoms with E-state index in [1.165, 1.54) is 41.2 Å². The minimum absolute atomic E-state index is 0.0189. The molecule has 0 saturated carbocycles. The van der Waals surface area contributed by atoms with Crippen LogP contribution in [0.25, 0.3) is 0 Å². The predicted molar refractivity (Wildman–Crippen MR) is 114 cm³/mol. The normalized spacial score (nSPS) is 18.1. The molecule has 0 radical (unpaired) electrons. The van der Waals surface area contributed by atoms with Gasteiger partial charge in [0.15, 0.2) is 5.06 Å². The van der Waals surface area contributed by atoms with Crippen molar-refractivity contribution >= 4 is 21.4 Å². The van der Waals surface area contributed by atoms with Gasteiger partial charge in [-0.05, 0) is 69.0 Å². The van der Waals surface area contributed by atoms with E-state index in [1.54, 1.807) is 30.4 Å². The monoisotopic (exact) mass is 436 g/mol. The fourth-order valence-corrected chi connectivity index (χ4v) is 6.61. The maximum Gasteiger partial charge on any atom is 0.247 e. The van der Waals surface area contributed by atoms with Gasteiger partial charge >= 0.3 is 0 Å². The molecule has 1 fully saturated rings. The summed E-state index contributed by atoms with van der Waals surface area (Å²) in [6.07, 6.45) is 4.29. The van der Waals surface area contributed by atoms with Crippen LogP contribution >= 0.6 is 11.3 Å². The number of benzene rings is 1. The number of hydrogen-bond donors (Lipinski definition) is 1. The molecule has 6 nitrogen and oxygen atoms in total. The lowest BCUT2D eigenvalue weighted by Crippen LogP contribution is -2.35. The van der Waals surface area contributed by atoms with E-state index in [-0.39, 0.29) is 10.6 Å². The first-order valence-electron chi connectivity index (χ1n) is 10.2. The zero-order valence-electron chi connectivity index (χ0n) is 16.8. The van der Waals surface area contributed by atoms with Crippen LogP contribution in [0.3, 0.4) is 0 Å². The zero-order chi connectivity index (χ0) is 20.4. The number of fused-ring (bicyclic) bond motifs is 1. The van der Waals surface area contributed by atoms with Crippen molar-refractivity contribution in [1.29, 1.82) is 0 Å². The van der Waals surface area contributed by atoms with Gasteiger partial charge in [-0.2, -0.15) is 4.31 Å². The van der Waals surface area contributed by atoms with Crippen LogP contribution in [-0.2, 0) is 23.0 Å². The van der Waals surface area contributed by atoms with Crippen LogP contribution < -0.4 is 4.74 Å². The van der Waals surface area contributed by atoms with Gasteiger partial charge in [0.2, 0.25) is 10.0 Å². The first-order valence-corrected chi connectivity index (χ1v) is 12.5. The Hall–Kier alpha value is -1.61. The standard InChI is InChI=1S/C21H28N2O4S2/c1-16-6-4-7-19(21(16)24)29(25,26)23-12-8-18-17(15-23)14-20(28-18)27-13-5-11-22-9-2-3-10-22/h4,6-7,14,24H,2-3,5,8-13,15H2,1H3. The Morgan fingerprint density at radius 2 is 2.00 bits per heavy atom. The third-order valence-corrected chi connectivity index (χ3v) is 8.72. The topological polar surface area (TPSA) is 70.1 Å². The number of nitrogens with zero attached hydrogens (tertiary/aromatic N) is 2. The molecule has 29 heavy (non-hydrogen) atoms. The van der Waals surface area contributed by atoms with E-state index in [0.717, 1.165) is 23.6 Å². The highest BCUT2D eigenvalue weighted by Gasteiger charge is 2.31. The van der Waals surface area contributed by atoms with Gasteiger partial charge in [-0.25, -0.2) is 8.42 Å².